The summed E-state index contributed by atoms with van der Waals surface area (Å²) in [6, 6.07) is 0.716. The minimum Gasteiger partial charge on any atom is -0.310 e. The zero-order valence-corrected chi connectivity index (χ0v) is 10.4. The molecule has 1 heterocycles. The quantitative estimate of drug-likeness (QED) is 0.820. The summed E-state index contributed by atoms with van der Waals surface area (Å²) < 4.78 is 0. The van der Waals surface area contributed by atoms with Crippen molar-refractivity contribution >= 4 is 0 Å². The Hall–Kier alpha value is -0.830. The zero-order valence-electron chi connectivity index (χ0n) is 10.4. The predicted molar refractivity (Wildman–Crippen MR) is 66.2 cm³/mol. The number of rotatable bonds is 4. The van der Waals surface area contributed by atoms with Gasteiger partial charge in [-0.25, -0.2) is 0 Å². The lowest BCUT2D eigenvalue weighted by molar-refractivity contribution is 0.278. The molecule has 1 aliphatic carbocycles. The van der Waals surface area contributed by atoms with Crippen LogP contribution < -0.4 is 5.32 Å². The smallest absolute Gasteiger partial charge is 0.0535 e. The number of H-pyrrole nitrogens is 1. The van der Waals surface area contributed by atoms with Crippen LogP contribution in [0.1, 0.15) is 50.3 Å². The minimum atomic E-state index is 0.716. The molecule has 1 fully saturated rings. The summed E-state index contributed by atoms with van der Waals surface area (Å²) >= 11 is 0. The van der Waals surface area contributed by atoms with Crippen LogP contribution in [0, 0.1) is 12.8 Å². The highest BCUT2D eigenvalue weighted by molar-refractivity contribution is 5.13. The molecule has 1 aliphatic rings. The summed E-state index contributed by atoms with van der Waals surface area (Å²) in [5.74, 6) is 0.941. The van der Waals surface area contributed by atoms with E-state index in [0.29, 0.717) is 6.04 Å². The summed E-state index contributed by atoms with van der Waals surface area (Å²) in [5.41, 5.74) is 2.49. The lowest BCUT2D eigenvalue weighted by Gasteiger charge is -2.29. The maximum Gasteiger partial charge on any atom is 0.0535 e. The van der Waals surface area contributed by atoms with Gasteiger partial charge in [0.25, 0.3) is 0 Å². The third kappa shape index (κ3) is 2.85. The molecule has 0 aromatic carbocycles. The fourth-order valence-electron chi connectivity index (χ4n) is 2.66. The second-order valence-corrected chi connectivity index (χ2v) is 5.04. The van der Waals surface area contributed by atoms with Crippen molar-refractivity contribution in [2.75, 3.05) is 0 Å². The van der Waals surface area contributed by atoms with Crippen molar-refractivity contribution in [3.63, 3.8) is 0 Å². The first-order valence-electron chi connectivity index (χ1n) is 6.51. The van der Waals surface area contributed by atoms with Crippen molar-refractivity contribution in [1.82, 2.24) is 15.5 Å². The number of aromatic nitrogens is 2. The van der Waals surface area contributed by atoms with Gasteiger partial charge in [0.05, 0.1) is 6.20 Å². The van der Waals surface area contributed by atoms with E-state index in [2.05, 4.69) is 29.4 Å². The molecule has 1 saturated carbocycles. The Kier molecular flexibility index (Phi) is 3.99. The molecule has 2 atom stereocenters. The minimum absolute atomic E-state index is 0.716. The molecule has 3 heteroatoms. The van der Waals surface area contributed by atoms with E-state index < -0.39 is 0 Å². The van der Waals surface area contributed by atoms with Crippen LogP contribution in [0.3, 0.4) is 0 Å². The van der Waals surface area contributed by atoms with Crippen molar-refractivity contribution in [1.29, 1.82) is 0 Å². The van der Waals surface area contributed by atoms with Crippen LogP contribution in [0.4, 0.5) is 0 Å². The normalized spacial score (nSPS) is 25.9. The van der Waals surface area contributed by atoms with Gasteiger partial charge in [0.2, 0.25) is 0 Å². The van der Waals surface area contributed by atoms with Crippen LogP contribution in [-0.4, -0.2) is 16.2 Å². The monoisotopic (exact) mass is 221 g/mol. The average Bonchev–Trinajstić information content (AvgIpc) is 2.72. The first-order valence-corrected chi connectivity index (χ1v) is 6.51. The van der Waals surface area contributed by atoms with E-state index in [1.54, 1.807) is 0 Å². The molecular weight excluding hydrogens is 198 g/mol. The Morgan fingerprint density at radius 1 is 1.50 bits per heavy atom. The molecule has 0 radical (unpaired) electrons. The third-order valence-electron chi connectivity index (χ3n) is 3.88. The van der Waals surface area contributed by atoms with E-state index in [0.717, 1.165) is 12.5 Å². The van der Waals surface area contributed by atoms with Crippen LogP contribution in [0.25, 0.3) is 0 Å². The van der Waals surface area contributed by atoms with Crippen LogP contribution in [0.15, 0.2) is 6.20 Å². The molecule has 2 N–H and O–H groups in total. The Labute approximate surface area is 98.0 Å². The maximum atomic E-state index is 4.05. The van der Waals surface area contributed by atoms with Gasteiger partial charge in [-0.15, -0.1) is 0 Å². The molecule has 3 nitrogen and oxygen atoms in total. The lowest BCUT2D eigenvalue weighted by Crippen LogP contribution is -2.33. The molecule has 0 saturated heterocycles. The summed E-state index contributed by atoms with van der Waals surface area (Å²) in [6.07, 6.45) is 8.78. The number of nitrogens with zero attached hydrogens (tertiary/aromatic N) is 1. The van der Waals surface area contributed by atoms with Gasteiger partial charge < -0.3 is 5.32 Å². The molecule has 90 valence electrons. The van der Waals surface area contributed by atoms with Crippen LogP contribution in [0.5, 0.6) is 0 Å². The van der Waals surface area contributed by atoms with E-state index in [1.807, 2.05) is 6.20 Å². The van der Waals surface area contributed by atoms with Crippen molar-refractivity contribution in [3.05, 3.63) is 17.5 Å². The fraction of sp³-hybridized carbons (Fsp3) is 0.769. The number of aromatic amines is 1. The molecule has 2 unspecified atom stereocenters. The summed E-state index contributed by atoms with van der Waals surface area (Å²) in [4.78, 5) is 0. The molecule has 0 aliphatic heterocycles. The van der Waals surface area contributed by atoms with Gasteiger partial charge in [-0.3, -0.25) is 5.10 Å². The van der Waals surface area contributed by atoms with Crippen LogP contribution >= 0.6 is 0 Å². The highest BCUT2D eigenvalue weighted by Gasteiger charge is 2.20. The van der Waals surface area contributed by atoms with Gasteiger partial charge in [-0.2, -0.15) is 5.10 Å². The van der Waals surface area contributed by atoms with Crippen molar-refractivity contribution in [2.45, 2.75) is 58.5 Å². The molecule has 1 aromatic rings. The SMILES string of the molecule is CCC1CCCC(NCc2cn[nH]c2C)C1. The molecule has 0 spiro atoms. The van der Waals surface area contributed by atoms with Gasteiger partial charge in [0.15, 0.2) is 0 Å². The summed E-state index contributed by atoms with van der Waals surface area (Å²) in [6.45, 7) is 5.36. The molecular formula is C13H23N3. The van der Waals surface area contributed by atoms with E-state index in [1.165, 1.54) is 43.4 Å². The molecule has 2 rings (SSSR count). The first kappa shape index (κ1) is 11.6. The Morgan fingerprint density at radius 3 is 3.06 bits per heavy atom. The topological polar surface area (TPSA) is 40.7 Å². The van der Waals surface area contributed by atoms with Gasteiger partial charge in [-0.1, -0.05) is 26.2 Å². The second-order valence-electron chi connectivity index (χ2n) is 5.04. The van der Waals surface area contributed by atoms with E-state index in [9.17, 15) is 0 Å². The average molecular weight is 221 g/mol. The standard InChI is InChI=1S/C13H23N3/c1-3-11-5-4-6-13(7-11)14-8-12-9-15-16-10(12)2/h9,11,13-14H,3-8H2,1-2H3,(H,15,16). The summed E-state index contributed by atoms with van der Waals surface area (Å²) in [5, 5.41) is 10.7. The number of hydrogen-bond acceptors (Lipinski definition) is 2. The Bertz CT molecular complexity index is 319. The lowest BCUT2D eigenvalue weighted by atomic mass is 9.84. The van der Waals surface area contributed by atoms with Crippen molar-refractivity contribution in [3.8, 4) is 0 Å². The number of aryl methyl sites for hydroxylation is 1. The van der Waals surface area contributed by atoms with E-state index in [4.69, 9.17) is 0 Å². The van der Waals surface area contributed by atoms with E-state index in [-0.39, 0.29) is 0 Å². The molecule has 0 amide bonds. The zero-order chi connectivity index (χ0) is 11.4. The van der Waals surface area contributed by atoms with Gasteiger partial charge in [0, 0.05) is 23.8 Å². The van der Waals surface area contributed by atoms with Crippen LogP contribution in [0.2, 0.25) is 0 Å². The Morgan fingerprint density at radius 2 is 2.38 bits per heavy atom. The molecule has 16 heavy (non-hydrogen) atoms. The predicted octanol–water partition coefficient (Wildman–Crippen LogP) is 2.78. The van der Waals surface area contributed by atoms with Crippen molar-refractivity contribution < 1.29 is 0 Å². The largest absolute Gasteiger partial charge is 0.310 e. The maximum absolute atomic E-state index is 4.05. The summed E-state index contributed by atoms with van der Waals surface area (Å²) in [7, 11) is 0. The number of nitrogens with one attached hydrogen (secondary N) is 2. The first-order chi connectivity index (χ1) is 7.79. The molecule has 0 bridgehead atoms. The third-order valence-corrected chi connectivity index (χ3v) is 3.88. The van der Waals surface area contributed by atoms with Crippen molar-refractivity contribution in [2.24, 2.45) is 5.92 Å². The molecule has 1 aromatic heterocycles. The van der Waals surface area contributed by atoms with Gasteiger partial charge >= 0.3 is 0 Å². The van der Waals surface area contributed by atoms with Gasteiger partial charge in [-0.05, 0) is 25.7 Å². The van der Waals surface area contributed by atoms with E-state index >= 15 is 0 Å². The Balaban J connectivity index is 1.79. The highest BCUT2D eigenvalue weighted by atomic mass is 15.1. The second kappa shape index (κ2) is 5.48. The fourth-order valence-corrected chi connectivity index (χ4v) is 2.66. The highest BCUT2D eigenvalue weighted by Crippen LogP contribution is 2.26. The number of hydrogen-bond donors (Lipinski definition) is 2. The van der Waals surface area contributed by atoms with Gasteiger partial charge in [0.1, 0.15) is 0 Å². The van der Waals surface area contributed by atoms with Crippen LogP contribution in [-0.2, 0) is 6.54 Å².